The van der Waals surface area contributed by atoms with Crippen LogP contribution in [0.4, 0.5) is 0 Å². The lowest BCUT2D eigenvalue weighted by Gasteiger charge is -2.26. The predicted molar refractivity (Wildman–Crippen MR) is 73.3 cm³/mol. The highest BCUT2D eigenvalue weighted by molar-refractivity contribution is 5.72. The maximum Gasteiger partial charge on any atom is 0.309 e. The van der Waals surface area contributed by atoms with Crippen molar-refractivity contribution in [3.63, 3.8) is 0 Å². The summed E-state index contributed by atoms with van der Waals surface area (Å²) in [4.78, 5) is 12.1. The fraction of sp³-hybridized carbons (Fsp3) is 0.938. The Morgan fingerprint density at radius 3 is 2.17 bits per heavy atom. The van der Waals surface area contributed by atoms with E-state index in [2.05, 4.69) is 13.8 Å². The molecule has 2 unspecified atom stereocenters. The van der Waals surface area contributed by atoms with E-state index in [1.807, 2.05) is 0 Å². The summed E-state index contributed by atoms with van der Waals surface area (Å²) in [5, 5.41) is 0. The lowest BCUT2D eigenvalue weighted by Crippen LogP contribution is -2.27. The van der Waals surface area contributed by atoms with Gasteiger partial charge in [-0.1, -0.05) is 20.3 Å². The molecular weight excluding hydrogens is 224 g/mol. The minimum atomic E-state index is 0.0986. The van der Waals surface area contributed by atoms with Gasteiger partial charge in [0.1, 0.15) is 6.10 Å². The summed E-state index contributed by atoms with van der Waals surface area (Å²) in [6.45, 7) is 4.60. The highest BCUT2D eigenvalue weighted by Gasteiger charge is 2.28. The molecule has 0 radical (unpaired) electrons. The fourth-order valence-corrected chi connectivity index (χ4v) is 3.33. The van der Waals surface area contributed by atoms with Crippen molar-refractivity contribution >= 4 is 5.97 Å². The second kappa shape index (κ2) is 6.58. The van der Waals surface area contributed by atoms with Gasteiger partial charge in [0.25, 0.3) is 0 Å². The minimum absolute atomic E-state index is 0.0986. The highest BCUT2D eigenvalue weighted by Crippen LogP contribution is 2.31. The van der Waals surface area contributed by atoms with Crippen LogP contribution in [0.25, 0.3) is 0 Å². The van der Waals surface area contributed by atoms with Crippen LogP contribution in [0.1, 0.15) is 71.6 Å². The minimum Gasteiger partial charge on any atom is -0.462 e. The molecule has 2 nitrogen and oxygen atoms in total. The van der Waals surface area contributed by atoms with Gasteiger partial charge in [0.05, 0.1) is 5.92 Å². The van der Waals surface area contributed by atoms with E-state index < -0.39 is 0 Å². The lowest BCUT2D eigenvalue weighted by molar-refractivity contribution is -0.156. The van der Waals surface area contributed by atoms with Crippen molar-refractivity contribution in [3.8, 4) is 0 Å². The summed E-state index contributed by atoms with van der Waals surface area (Å²) >= 11 is 0. The van der Waals surface area contributed by atoms with Gasteiger partial charge in [0.15, 0.2) is 0 Å². The summed E-state index contributed by atoms with van der Waals surface area (Å²) in [6, 6.07) is 0. The molecule has 2 aliphatic carbocycles. The van der Waals surface area contributed by atoms with E-state index in [4.69, 9.17) is 4.74 Å². The van der Waals surface area contributed by atoms with Gasteiger partial charge < -0.3 is 4.74 Å². The molecule has 0 saturated heterocycles. The number of carbonyl (C=O) groups excluding carboxylic acids is 1. The van der Waals surface area contributed by atoms with Gasteiger partial charge in [-0.15, -0.1) is 0 Å². The summed E-state index contributed by atoms with van der Waals surface area (Å²) in [6.07, 6.45) is 10.6. The van der Waals surface area contributed by atoms with Crippen LogP contribution in [-0.2, 0) is 9.53 Å². The molecule has 0 amide bonds. The van der Waals surface area contributed by atoms with Gasteiger partial charge in [-0.3, -0.25) is 4.79 Å². The number of hydrogen-bond acceptors (Lipinski definition) is 2. The van der Waals surface area contributed by atoms with E-state index in [1.54, 1.807) is 0 Å². The zero-order valence-corrected chi connectivity index (χ0v) is 12.0. The summed E-state index contributed by atoms with van der Waals surface area (Å²) in [5.74, 6) is 1.90. The second-order valence-electron chi connectivity index (χ2n) is 6.63. The van der Waals surface area contributed by atoms with Crippen LogP contribution >= 0.6 is 0 Å². The molecule has 0 spiro atoms. The Morgan fingerprint density at radius 2 is 1.44 bits per heavy atom. The first kappa shape index (κ1) is 13.9. The monoisotopic (exact) mass is 252 g/mol. The van der Waals surface area contributed by atoms with Crippen LogP contribution in [-0.4, -0.2) is 12.1 Å². The van der Waals surface area contributed by atoms with Crippen LogP contribution in [0.3, 0.4) is 0 Å². The van der Waals surface area contributed by atoms with Crippen molar-refractivity contribution in [1.29, 1.82) is 0 Å². The Labute approximate surface area is 111 Å². The van der Waals surface area contributed by atoms with Gasteiger partial charge in [0.2, 0.25) is 0 Å². The van der Waals surface area contributed by atoms with Crippen LogP contribution in [0.5, 0.6) is 0 Å². The quantitative estimate of drug-likeness (QED) is 0.540. The molecule has 0 aliphatic heterocycles. The number of hydrogen-bond donors (Lipinski definition) is 0. The molecule has 0 heterocycles. The molecule has 0 bridgehead atoms. The van der Waals surface area contributed by atoms with Gasteiger partial charge in [-0.2, -0.15) is 0 Å². The standard InChI is InChI=1S/C16H28O2/c1-12-4-3-5-15(11-8-12)18-16(17)14-9-6-13(2)7-10-14/h12-15H,3-11H2,1-2H3. The van der Waals surface area contributed by atoms with E-state index in [9.17, 15) is 4.79 Å². The summed E-state index contributed by atoms with van der Waals surface area (Å²) in [7, 11) is 0. The van der Waals surface area contributed by atoms with Crippen LogP contribution in [0.2, 0.25) is 0 Å². The first-order valence-corrected chi connectivity index (χ1v) is 7.85. The molecule has 18 heavy (non-hydrogen) atoms. The smallest absolute Gasteiger partial charge is 0.309 e. The average molecular weight is 252 g/mol. The van der Waals surface area contributed by atoms with Crippen molar-refractivity contribution in [2.75, 3.05) is 0 Å². The molecule has 2 fully saturated rings. The first-order chi connectivity index (χ1) is 8.65. The third kappa shape index (κ3) is 4.00. The van der Waals surface area contributed by atoms with E-state index in [-0.39, 0.29) is 18.0 Å². The molecule has 2 rings (SSSR count). The molecule has 0 aromatic rings. The summed E-state index contributed by atoms with van der Waals surface area (Å²) < 4.78 is 5.76. The third-order valence-corrected chi connectivity index (χ3v) is 4.84. The lowest BCUT2D eigenvalue weighted by atomic mass is 9.83. The maximum atomic E-state index is 12.1. The number of ether oxygens (including phenoxy) is 1. The molecule has 2 atom stereocenters. The Morgan fingerprint density at radius 1 is 0.833 bits per heavy atom. The zero-order chi connectivity index (χ0) is 13.0. The molecule has 0 N–H and O–H groups in total. The van der Waals surface area contributed by atoms with Gasteiger partial charge in [-0.25, -0.2) is 0 Å². The van der Waals surface area contributed by atoms with E-state index in [0.717, 1.165) is 37.5 Å². The van der Waals surface area contributed by atoms with Gasteiger partial charge in [0, 0.05) is 0 Å². The Balaban J connectivity index is 1.76. The number of carbonyl (C=O) groups is 1. The zero-order valence-electron chi connectivity index (χ0n) is 12.0. The average Bonchev–Trinajstić information content (AvgIpc) is 2.55. The van der Waals surface area contributed by atoms with Crippen molar-refractivity contribution < 1.29 is 9.53 Å². The van der Waals surface area contributed by atoms with Crippen molar-refractivity contribution in [3.05, 3.63) is 0 Å². The van der Waals surface area contributed by atoms with E-state index in [1.165, 1.54) is 32.1 Å². The molecule has 2 heteroatoms. The SMILES string of the molecule is CC1CCCC(OC(=O)C2CCC(C)CC2)CC1. The van der Waals surface area contributed by atoms with Crippen LogP contribution in [0, 0.1) is 17.8 Å². The molecule has 2 saturated carbocycles. The largest absolute Gasteiger partial charge is 0.462 e. The van der Waals surface area contributed by atoms with Crippen molar-refractivity contribution in [1.82, 2.24) is 0 Å². The van der Waals surface area contributed by atoms with Gasteiger partial charge in [-0.05, 0) is 63.2 Å². The summed E-state index contributed by atoms with van der Waals surface area (Å²) in [5.41, 5.74) is 0. The maximum absolute atomic E-state index is 12.1. The highest BCUT2D eigenvalue weighted by atomic mass is 16.5. The molecule has 104 valence electrons. The fourth-order valence-electron chi connectivity index (χ4n) is 3.33. The predicted octanol–water partition coefficient (Wildman–Crippen LogP) is 4.32. The topological polar surface area (TPSA) is 26.3 Å². The third-order valence-electron chi connectivity index (χ3n) is 4.84. The van der Waals surface area contributed by atoms with Crippen LogP contribution in [0.15, 0.2) is 0 Å². The van der Waals surface area contributed by atoms with Crippen molar-refractivity contribution in [2.24, 2.45) is 17.8 Å². The van der Waals surface area contributed by atoms with E-state index in [0.29, 0.717) is 0 Å². The number of rotatable bonds is 2. The molecule has 0 aromatic heterocycles. The Hall–Kier alpha value is -0.530. The molecule has 0 aromatic carbocycles. The number of esters is 1. The Bertz CT molecular complexity index is 266. The normalized spacial score (nSPS) is 37.9. The molecular formula is C16H28O2. The molecule has 2 aliphatic rings. The Kier molecular flexibility index (Phi) is 5.08. The van der Waals surface area contributed by atoms with Crippen molar-refractivity contribution in [2.45, 2.75) is 77.7 Å². The first-order valence-electron chi connectivity index (χ1n) is 7.85. The van der Waals surface area contributed by atoms with Gasteiger partial charge >= 0.3 is 5.97 Å². The van der Waals surface area contributed by atoms with Crippen LogP contribution < -0.4 is 0 Å². The second-order valence-corrected chi connectivity index (χ2v) is 6.63. The van der Waals surface area contributed by atoms with E-state index >= 15 is 0 Å².